The summed E-state index contributed by atoms with van der Waals surface area (Å²) in [5, 5.41) is 0. The number of carbonyl (C=O) groups excluding carboxylic acids is 1. The van der Waals surface area contributed by atoms with E-state index in [2.05, 4.69) is 15.0 Å². The van der Waals surface area contributed by atoms with Crippen LogP contribution in [0.15, 0.2) is 30.7 Å². The standard InChI is InChI=1S/C15H14F3N5O2/c16-15(17,18)9-1-2-13(21-5-9)25-10-3-4-23(8-10)12-7-20-6-11(22-12)14(19)24/h1-2,5-7,10H,3-4,8H2,(H2,19,24). The zero-order chi connectivity index (χ0) is 18.0. The van der Waals surface area contributed by atoms with Crippen LogP contribution in [0.3, 0.4) is 0 Å². The predicted octanol–water partition coefficient (Wildman–Crippen LogP) is 1.65. The van der Waals surface area contributed by atoms with Crippen molar-refractivity contribution in [1.82, 2.24) is 15.0 Å². The molecule has 1 fully saturated rings. The van der Waals surface area contributed by atoms with Crippen molar-refractivity contribution in [3.63, 3.8) is 0 Å². The van der Waals surface area contributed by atoms with Crippen LogP contribution in [0.1, 0.15) is 22.5 Å². The molecule has 2 N–H and O–H groups in total. The van der Waals surface area contributed by atoms with E-state index >= 15 is 0 Å². The molecule has 0 aromatic carbocycles. The number of hydrogen-bond acceptors (Lipinski definition) is 6. The van der Waals surface area contributed by atoms with Gasteiger partial charge in [-0.25, -0.2) is 9.97 Å². The molecule has 1 atom stereocenters. The van der Waals surface area contributed by atoms with Gasteiger partial charge in [0.1, 0.15) is 17.6 Å². The Hall–Kier alpha value is -2.91. The molecule has 0 spiro atoms. The second-order valence-corrected chi connectivity index (χ2v) is 5.48. The molecule has 2 aromatic heterocycles. The lowest BCUT2D eigenvalue weighted by Crippen LogP contribution is -2.26. The number of rotatable bonds is 4. The Morgan fingerprint density at radius 2 is 2.08 bits per heavy atom. The quantitative estimate of drug-likeness (QED) is 0.898. The van der Waals surface area contributed by atoms with E-state index in [0.717, 1.165) is 12.3 Å². The number of pyridine rings is 1. The first-order valence-corrected chi connectivity index (χ1v) is 7.39. The number of ether oxygens (including phenoxy) is 1. The molecule has 0 bridgehead atoms. The van der Waals surface area contributed by atoms with E-state index in [4.69, 9.17) is 10.5 Å². The van der Waals surface area contributed by atoms with Gasteiger partial charge in [-0.05, 0) is 6.07 Å². The van der Waals surface area contributed by atoms with E-state index in [9.17, 15) is 18.0 Å². The molecular formula is C15H14F3N5O2. The molecule has 1 aliphatic heterocycles. The van der Waals surface area contributed by atoms with Gasteiger partial charge < -0.3 is 15.4 Å². The first kappa shape index (κ1) is 16.9. The zero-order valence-corrected chi connectivity index (χ0v) is 12.9. The number of amides is 1. The molecule has 25 heavy (non-hydrogen) atoms. The van der Waals surface area contributed by atoms with Crippen LogP contribution >= 0.6 is 0 Å². The molecule has 0 radical (unpaired) electrons. The third-order valence-electron chi connectivity index (χ3n) is 3.69. The number of carbonyl (C=O) groups is 1. The highest BCUT2D eigenvalue weighted by Crippen LogP contribution is 2.29. The van der Waals surface area contributed by atoms with E-state index in [1.54, 1.807) is 0 Å². The highest BCUT2D eigenvalue weighted by atomic mass is 19.4. The monoisotopic (exact) mass is 353 g/mol. The minimum Gasteiger partial charge on any atom is -0.472 e. The van der Waals surface area contributed by atoms with Crippen molar-refractivity contribution in [2.45, 2.75) is 18.7 Å². The Bertz CT molecular complexity index is 767. The third-order valence-corrected chi connectivity index (χ3v) is 3.69. The SMILES string of the molecule is NC(=O)c1cncc(N2CCC(Oc3ccc(C(F)(F)F)cn3)C2)n1. The second kappa shape index (κ2) is 6.54. The summed E-state index contributed by atoms with van der Waals surface area (Å²) in [6.45, 7) is 1.04. The fraction of sp³-hybridized carbons (Fsp3) is 0.333. The average molecular weight is 353 g/mol. The van der Waals surface area contributed by atoms with Crippen molar-refractivity contribution >= 4 is 11.7 Å². The van der Waals surface area contributed by atoms with Crippen molar-refractivity contribution in [3.05, 3.63) is 42.0 Å². The van der Waals surface area contributed by atoms with Crippen LogP contribution in [0.5, 0.6) is 5.88 Å². The first-order chi connectivity index (χ1) is 11.8. The number of anilines is 1. The minimum atomic E-state index is -4.43. The summed E-state index contributed by atoms with van der Waals surface area (Å²) >= 11 is 0. The van der Waals surface area contributed by atoms with Crippen molar-refractivity contribution in [1.29, 1.82) is 0 Å². The van der Waals surface area contributed by atoms with E-state index < -0.39 is 17.6 Å². The predicted molar refractivity (Wildman–Crippen MR) is 81.0 cm³/mol. The molecule has 1 saturated heterocycles. The van der Waals surface area contributed by atoms with Crippen LogP contribution in [-0.2, 0) is 6.18 Å². The van der Waals surface area contributed by atoms with E-state index in [-0.39, 0.29) is 17.7 Å². The molecule has 3 heterocycles. The summed E-state index contributed by atoms with van der Waals surface area (Å²) in [6, 6.07) is 2.12. The van der Waals surface area contributed by atoms with Crippen molar-refractivity contribution in [2.24, 2.45) is 5.73 Å². The topological polar surface area (TPSA) is 94.2 Å². The molecule has 3 rings (SSSR count). The summed E-state index contributed by atoms with van der Waals surface area (Å²) in [6.07, 6.45) is -0.537. The molecule has 132 valence electrons. The molecule has 7 nitrogen and oxygen atoms in total. The summed E-state index contributed by atoms with van der Waals surface area (Å²) in [7, 11) is 0. The maximum atomic E-state index is 12.5. The van der Waals surface area contributed by atoms with Gasteiger partial charge in [-0.3, -0.25) is 9.78 Å². The van der Waals surface area contributed by atoms with Crippen LogP contribution in [0.25, 0.3) is 0 Å². The summed E-state index contributed by atoms with van der Waals surface area (Å²) in [5.74, 6) is -0.0603. The van der Waals surface area contributed by atoms with Crippen molar-refractivity contribution in [3.8, 4) is 5.88 Å². The zero-order valence-electron chi connectivity index (χ0n) is 12.9. The summed E-state index contributed by atoms with van der Waals surface area (Å²) in [5.41, 5.74) is 4.41. The lowest BCUT2D eigenvalue weighted by molar-refractivity contribution is -0.137. The molecule has 10 heteroatoms. The van der Waals surface area contributed by atoms with Gasteiger partial charge in [0.25, 0.3) is 5.91 Å². The Morgan fingerprint density at radius 1 is 1.28 bits per heavy atom. The van der Waals surface area contributed by atoms with Gasteiger partial charge >= 0.3 is 6.18 Å². The average Bonchev–Trinajstić information content (AvgIpc) is 3.03. The Balaban J connectivity index is 1.63. The van der Waals surface area contributed by atoms with Crippen molar-refractivity contribution < 1.29 is 22.7 Å². The van der Waals surface area contributed by atoms with Gasteiger partial charge in [-0.1, -0.05) is 0 Å². The molecular weight excluding hydrogens is 339 g/mol. The molecule has 1 unspecified atom stereocenters. The number of nitrogens with zero attached hydrogens (tertiary/aromatic N) is 4. The minimum absolute atomic E-state index is 0.0614. The van der Waals surface area contributed by atoms with Gasteiger partial charge in [0.05, 0.1) is 24.5 Å². The van der Waals surface area contributed by atoms with Gasteiger partial charge in [0, 0.05) is 25.2 Å². The molecule has 1 aliphatic rings. The van der Waals surface area contributed by atoms with Crippen LogP contribution in [0.4, 0.5) is 19.0 Å². The smallest absolute Gasteiger partial charge is 0.417 e. The Morgan fingerprint density at radius 3 is 2.72 bits per heavy atom. The molecule has 0 aliphatic carbocycles. The largest absolute Gasteiger partial charge is 0.472 e. The second-order valence-electron chi connectivity index (χ2n) is 5.48. The van der Waals surface area contributed by atoms with Crippen LogP contribution < -0.4 is 15.4 Å². The molecule has 1 amide bonds. The van der Waals surface area contributed by atoms with Crippen molar-refractivity contribution in [2.75, 3.05) is 18.0 Å². The Labute approximate surface area is 140 Å². The lowest BCUT2D eigenvalue weighted by atomic mass is 10.3. The highest BCUT2D eigenvalue weighted by Gasteiger charge is 2.31. The number of halogens is 3. The molecule has 0 saturated carbocycles. The first-order valence-electron chi connectivity index (χ1n) is 7.39. The normalized spacial score (nSPS) is 17.6. The number of primary amides is 1. The number of nitrogens with two attached hydrogens (primary N) is 1. The number of aromatic nitrogens is 3. The Kier molecular flexibility index (Phi) is 4.43. The molecule has 2 aromatic rings. The third kappa shape index (κ3) is 3.95. The van der Waals surface area contributed by atoms with Gasteiger partial charge in [0.2, 0.25) is 5.88 Å². The maximum absolute atomic E-state index is 12.5. The van der Waals surface area contributed by atoms with Crippen LogP contribution in [0, 0.1) is 0 Å². The van der Waals surface area contributed by atoms with Gasteiger partial charge in [-0.15, -0.1) is 0 Å². The fourth-order valence-electron chi connectivity index (χ4n) is 2.45. The number of hydrogen-bond donors (Lipinski definition) is 1. The fourth-order valence-corrected chi connectivity index (χ4v) is 2.45. The van der Waals surface area contributed by atoms with E-state index in [0.29, 0.717) is 25.3 Å². The summed E-state index contributed by atoms with van der Waals surface area (Å²) in [4.78, 5) is 24.8. The summed E-state index contributed by atoms with van der Waals surface area (Å²) < 4.78 is 43.2. The highest BCUT2D eigenvalue weighted by molar-refractivity contribution is 5.90. The van der Waals surface area contributed by atoms with Crippen LogP contribution in [0.2, 0.25) is 0 Å². The van der Waals surface area contributed by atoms with Crippen LogP contribution in [-0.4, -0.2) is 40.1 Å². The van der Waals surface area contributed by atoms with Gasteiger partial charge in [-0.2, -0.15) is 13.2 Å². The number of alkyl halides is 3. The van der Waals surface area contributed by atoms with E-state index in [1.165, 1.54) is 18.5 Å². The lowest BCUT2D eigenvalue weighted by Gasteiger charge is -2.17. The van der Waals surface area contributed by atoms with Gasteiger partial charge in [0.15, 0.2) is 0 Å². The maximum Gasteiger partial charge on any atom is 0.417 e. The van der Waals surface area contributed by atoms with E-state index in [1.807, 2.05) is 4.90 Å².